The SMILES string of the molecule is O=C(O)N[C@@H]1C[C@@H]1C(=O)N1CCN(CCCOc2ccc(C(=O)C3CC3)cc2)CC1. The second-order valence-electron chi connectivity index (χ2n) is 8.43. The highest BCUT2D eigenvalue weighted by molar-refractivity contribution is 5.99. The van der Waals surface area contributed by atoms with Gasteiger partial charge in [-0.25, -0.2) is 4.79 Å². The smallest absolute Gasteiger partial charge is 0.404 e. The zero-order chi connectivity index (χ0) is 21.1. The summed E-state index contributed by atoms with van der Waals surface area (Å²) in [6, 6.07) is 7.21. The number of amides is 2. The Balaban J connectivity index is 1.10. The molecule has 1 heterocycles. The van der Waals surface area contributed by atoms with E-state index in [1.807, 2.05) is 29.2 Å². The summed E-state index contributed by atoms with van der Waals surface area (Å²) in [6.45, 7) is 4.55. The molecule has 2 N–H and O–H groups in total. The number of nitrogens with one attached hydrogen (secondary N) is 1. The van der Waals surface area contributed by atoms with Gasteiger partial charge in [-0.05, 0) is 49.9 Å². The van der Waals surface area contributed by atoms with Crippen molar-refractivity contribution in [1.29, 1.82) is 0 Å². The molecule has 30 heavy (non-hydrogen) atoms. The van der Waals surface area contributed by atoms with Crippen LogP contribution in [-0.2, 0) is 4.79 Å². The van der Waals surface area contributed by atoms with Gasteiger partial charge in [0.15, 0.2) is 5.78 Å². The fourth-order valence-corrected chi connectivity index (χ4v) is 3.99. The van der Waals surface area contributed by atoms with E-state index in [4.69, 9.17) is 9.84 Å². The minimum Gasteiger partial charge on any atom is -0.494 e. The Kier molecular flexibility index (Phi) is 6.22. The summed E-state index contributed by atoms with van der Waals surface area (Å²) >= 11 is 0. The van der Waals surface area contributed by atoms with Crippen LogP contribution in [0, 0.1) is 11.8 Å². The minimum atomic E-state index is -1.06. The number of hydrogen-bond acceptors (Lipinski definition) is 5. The Bertz CT molecular complexity index is 784. The van der Waals surface area contributed by atoms with Gasteiger partial charge in [0.25, 0.3) is 0 Å². The third-order valence-corrected chi connectivity index (χ3v) is 6.07. The Morgan fingerprint density at radius 1 is 1.07 bits per heavy atom. The molecule has 0 aromatic heterocycles. The second kappa shape index (κ2) is 9.04. The number of carbonyl (C=O) groups excluding carboxylic acids is 2. The van der Waals surface area contributed by atoms with Crippen LogP contribution >= 0.6 is 0 Å². The fourth-order valence-electron chi connectivity index (χ4n) is 3.99. The van der Waals surface area contributed by atoms with E-state index in [-0.39, 0.29) is 29.6 Å². The third-order valence-electron chi connectivity index (χ3n) is 6.07. The lowest BCUT2D eigenvalue weighted by molar-refractivity contribution is -0.134. The van der Waals surface area contributed by atoms with Gasteiger partial charge in [0.1, 0.15) is 5.75 Å². The van der Waals surface area contributed by atoms with Crippen molar-refractivity contribution in [1.82, 2.24) is 15.1 Å². The lowest BCUT2D eigenvalue weighted by Crippen LogP contribution is -2.50. The predicted molar refractivity (Wildman–Crippen MR) is 110 cm³/mol. The molecule has 2 aliphatic carbocycles. The van der Waals surface area contributed by atoms with E-state index in [9.17, 15) is 14.4 Å². The standard InChI is InChI=1S/C22H29N3O5/c26-20(15-2-3-15)16-4-6-17(7-5-16)30-13-1-8-24-9-11-25(12-10-24)21(27)18-14-19(18)23-22(28)29/h4-7,15,18-19,23H,1-3,8-14H2,(H,28,29)/t18-,19+/m0/s1. The topological polar surface area (TPSA) is 99.2 Å². The number of hydrogen-bond donors (Lipinski definition) is 2. The summed E-state index contributed by atoms with van der Waals surface area (Å²) in [5.74, 6) is 1.15. The van der Waals surface area contributed by atoms with Crippen molar-refractivity contribution in [2.24, 2.45) is 11.8 Å². The molecule has 1 aromatic rings. The van der Waals surface area contributed by atoms with Crippen molar-refractivity contribution in [2.45, 2.75) is 31.7 Å². The number of ketones is 1. The fraction of sp³-hybridized carbons (Fsp3) is 0.591. The zero-order valence-corrected chi connectivity index (χ0v) is 17.1. The maximum Gasteiger partial charge on any atom is 0.404 e. The lowest BCUT2D eigenvalue weighted by Gasteiger charge is -2.35. The summed E-state index contributed by atoms with van der Waals surface area (Å²) in [5, 5.41) is 11.1. The average Bonchev–Trinajstić information content (AvgIpc) is 3.66. The van der Waals surface area contributed by atoms with Crippen LogP contribution in [0.1, 0.15) is 36.0 Å². The molecule has 1 aliphatic heterocycles. The van der Waals surface area contributed by atoms with Gasteiger partial charge in [-0.1, -0.05) is 0 Å². The molecule has 3 aliphatic rings. The van der Waals surface area contributed by atoms with Crippen molar-refractivity contribution >= 4 is 17.8 Å². The number of rotatable bonds is 9. The van der Waals surface area contributed by atoms with Gasteiger partial charge < -0.3 is 20.1 Å². The quantitative estimate of drug-likeness (QED) is 0.472. The number of Topliss-reactive ketones (excluding diaryl/α,β-unsaturated/α-hetero) is 1. The van der Waals surface area contributed by atoms with Crippen molar-refractivity contribution in [3.8, 4) is 5.75 Å². The van der Waals surface area contributed by atoms with Crippen molar-refractivity contribution in [3.63, 3.8) is 0 Å². The molecule has 4 rings (SSSR count). The number of nitrogens with zero attached hydrogens (tertiary/aromatic N) is 2. The first-order chi connectivity index (χ1) is 14.5. The zero-order valence-electron chi connectivity index (χ0n) is 17.1. The molecule has 2 atom stereocenters. The summed E-state index contributed by atoms with van der Waals surface area (Å²) in [5.41, 5.74) is 0.772. The molecule has 3 fully saturated rings. The lowest BCUT2D eigenvalue weighted by atomic mass is 10.1. The second-order valence-corrected chi connectivity index (χ2v) is 8.43. The third kappa shape index (κ3) is 5.30. The van der Waals surface area contributed by atoms with Crippen LogP contribution in [-0.4, -0.2) is 78.1 Å². The van der Waals surface area contributed by atoms with Crippen LogP contribution in [0.3, 0.4) is 0 Å². The maximum atomic E-state index is 12.4. The molecule has 0 radical (unpaired) electrons. The van der Waals surface area contributed by atoms with Crippen LogP contribution in [0.4, 0.5) is 4.79 Å². The molecule has 0 unspecified atom stereocenters. The summed E-state index contributed by atoms with van der Waals surface area (Å²) in [4.78, 5) is 39.3. The van der Waals surface area contributed by atoms with Gasteiger partial charge in [-0.3, -0.25) is 14.5 Å². The van der Waals surface area contributed by atoms with Gasteiger partial charge in [0.05, 0.1) is 12.5 Å². The molecule has 0 bridgehead atoms. The Morgan fingerprint density at radius 2 is 1.77 bits per heavy atom. The van der Waals surface area contributed by atoms with Crippen LogP contribution < -0.4 is 10.1 Å². The summed E-state index contributed by atoms with van der Waals surface area (Å²) in [7, 11) is 0. The normalized spacial score (nSPS) is 23.7. The van der Waals surface area contributed by atoms with Crippen LogP contribution in [0.2, 0.25) is 0 Å². The molecule has 1 aromatic carbocycles. The van der Waals surface area contributed by atoms with E-state index >= 15 is 0 Å². The molecule has 2 saturated carbocycles. The first-order valence-corrected chi connectivity index (χ1v) is 10.8. The number of piperazine rings is 1. The summed E-state index contributed by atoms with van der Waals surface area (Å²) < 4.78 is 5.79. The van der Waals surface area contributed by atoms with Crippen molar-refractivity contribution < 1.29 is 24.2 Å². The molecular weight excluding hydrogens is 386 g/mol. The molecule has 2 amide bonds. The minimum absolute atomic E-state index is 0.0698. The van der Waals surface area contributed by atoms with E-state index in [1.54, 1.807) is 0 Å². The molecular formula is C22H29N3O5. The first kappa shape index (κ1) is 20.7. The monoisotopic (exact) mass is 415 g/mol. The van der Waals surface area contributed by atoms with Crippen LogP contribution in [0.25, 0.3) is 0 Å². The van der Waals surface area contributed by atoms with E-state index in [0.29, 0.717) is 26.1 Å². The highest BCUT2D eigenvalue weighted by atomic mass is 16.5. The average molecular weight is 415 g/mol. The van der Waals surface area contributed by atoms with E-state index in [2.05, 4.69) is 10.2 Å². The highest BCUT2D eigenvalue weighted by Gasteiger charge is 2.46. The largest absolute Gasteiger partial charge is 0.494 e. The van der Waals surface area contributed by atoms with Crippen LogP contribution in [0.5, 0.6) is 5.75 Å². The molecule has 0 spiro atoms. The maximum absolute atomic E-state index is 12.4. The Morgan fingerprint density at radius 3 is 2.40 bits per heavy atom. The Labute approximate surface area is 176 Å². The van der Waals surface area contributed by atoms with Gasteiger partial charge in [-0.15, -0.1) is 0 Å². The molecule has 1 saturated heterocycles. The van der Waals surface area contributed by atoms with Gasteiger partial charge >= 0.3 is 6.09 Å². The van der Waals surface area contributed by atoms with Crippen molar-refractivity contribution in [2.75, 3.05) is 39.3 Å². The predicted octanol–water partition coefficient (Wildman–Crippen LogP) is 1.85. The van der Waals surface area contributed by atoms with E-state index in [0.717, 1.165) is 50.2 Å². The van der Waals surface area contributed by atoms with Gasteiger partial charge in [0, 0.05) is 50.2 Å². The number of benzene rings is 1. The molecule has 162 valence electrons. The number of carbonyl (C=O) groups is 3. The molecule has 8 heteroatoms. The van der Waals surface area contributed by atoms with Gasteiger partial charge in [0.2, 0.25) is 5.91 Å². The van der Waals surface area contributed by atoms with Crippen molar-refractivity contribution in [3.05, 3.63) is 29.8 Å². The van der Waals surface area contributed by atoms with Gasteiger partial charge in [-0.2, -0.15) is 0 Å². The summed E-state index contributed by atoms with van der Waals surface area (Å²) in [6.07, 6.45) is 2.47. The highest BCUT2D eigenvalue weighted by Crippen LogP contribution is 2.33. The Hall–Kier alpha value is -2.61. The van der Waals surface area contributed by atoms with E-state index < -0.39 is 6.09 Å². The molecule has 8 nitrogen and oxygen atoms in total. The number of ether oxygens (including phenoxy) is 1. The number of carboxylic acid groups (broad SMARTS) is 1. The van der Waals surface area contributed by atoms with E-state index in [1.165, 1.54) is 0 Å². The van der Waals surface area contributed by atoms with Crippen LogP contribution in [0.15, 0.2) is 24.3 Å². The first-order valence-electron chi connectivity index (χ1n) is 10.8.